The average molecular weight is 543 g/mol. The van der Waals surface area contributed by atoms with Crippen molar-refractivity contribution in [3.05, 3.63) is 17.5 Å². The van der Waals surface area contributed by atoms with Crippen LogP contribution in [0, 0.1) is 0 Å². The molecule has 0 spiro atoms. The van der Waals surface area contributed by atoms with E-state index in [1.54, 1.807) is 20.8 Å². The number of tetrazole rings is 3. The Hall–Kier alpha value is -5.37. The molecule has 0 bridgehead atoms. The molecular weight excluding hydrogens is 522 g/mol. The van der Waals surface area contributed by atoms with Crippen LogP contribution < -0.4 is 0 Å². The molecule has 0 fully saturated rings. The summed E-state index contributed by atoms with van der Waals surface area (Å²) in [5, 5.41) is 35.3. The minimum atomic E-state index is -0.545. The van der Waals surface area contributed by atoms with Gasteiger partial charge in [-0.15, -0.1) is 30.6 Å². The summed E-state index contributed by atoms with van der Waals surface area (Å²) in [6, 6.07) is 0. The predicted octanol–water partition coefficient (Wildman–Crippen LogP) is -2.88. The lowest BCUT2D eigenvalue weighted by Gasteiger charge is -2.03. The summed E-state index contributed by atoms with van der Waals surface area (Å²) in [6.07, 6.45) is -0.701. The Morgan fingerprint density at radius 3 is 1.08 bits per heavy atom. The number of esters is 3. The van der Waals surface area contributed by atoms with Crippen LogP contribution in [-0.4, -0.2) is 113 Å². The first-order chi connectivity index (χ1) is 18.9. The van der Waals surface area contributed by atoms with E-state index in [4.69, 9.17) is 14.2 Å². The monoisotopic (exact) mass is 543 g/mol. The second-order valence-electron chi connectivity index (χ2n) is 7.17. The molecule has 0 unspecified atom stereocenters. The highest BCUT2D eigenvalue weighted by Crippen LogP contribution is 2.07. The smallest absolute Gasteiger partial charge is 0.313 e. The SMILES string of the molecule is CCOC(=O)Cc1nnn(-c2nc(-n3nnc(CC(=O)OCC)n3)nc(-n3nnc(CC(=O)OCC)n3)n2)n1. The van der Waals surface area contributed by atoms with Crippen LogP contribution in [0.3, 0.4) is 0 Å². The summed E-state index contributed by atoms with van der Waals surface area (Å²) in [6.45, 7) is 5.59. The first-order valence-electron chi connectivity index (χ1n) is 11.5. The van der Waals surface area contributed by atoms with E-state index in [1.807, 2.05) is 0 Å². The van der Waals surface area contributed by atoms with Crippen LogP contribution in [0.1, 0.15) is 38.2 Å². The van der Waals surface area contributed by atoms with E-state index >= 15 is 0 Å². The fourth-order valence-electron chi connectivity index (χ4n) is 2.83. The van der Waals surface area contributed by atoms with E-state index in [0.717, 1.165) is 14.4 Å². The molecule has 4 aromatic rings. The van der Waals surface area contributed by atoms with Gasteiger partial charge in [0.1, 0.15) is 19.3 Å². The number of carbonyl (C=O) groups excluding carboxylic acids is 3. The molecule has 39 heavy (non-hydrogen) atoms. The molecule has 0 amide bonds. The molecule has 0 radical (unpaired) electrons. The van der Waals surface area contributed by atoms with Gasteiger partial charge < -0.3 is 14.2 Å². The first kappa shape index (κ1) is 26.7. The van der Waals surface area contributed by atoms with Crippen molar-refractivity contribution >= 4 is 17.9 Å². The number of carbonyl (C=O) groups is 3. The van der Waals surface area contributed by atoms with Crippen LogP contribution in [0.4, 0.5) is 0 Å². The maximum atomic E-state index is 11.8. The van der Waals surface area contributed by atoms with Gasteiger partial charge in [0.25, 0.3) is 17.8 Å². The predicted molar refractivity (Wildman–Crippen MR) is 119 cm³/mol. The molecule has 4 aromatic heterocycles. The topological polar surface area (TPSA) is 248 Å². The fraction of sp³-hybridized carbons (Fsp3) is 0.500. The summed E-state index contributed by atoms with van der Waals surface area (Å²) in [4.78, 5) is 50.8. The lowest BCUT2D eigenvalue weighted by molar-refractivity contribution is -0.143. The zero-order valence-electron chi connectivity index (χ0n) is 20.9. The van der Waals surface area contributed by atoms with Crippen LogP contribution in [0.2, 0.25) is 0 Å². The summed E-state index contributed by atoms with van der Waals surface area (Å²) in [5.74, 6) is -2.07. The Labute approximate surface area is 217 Å². The third-order valence-corrected chi connectivity index (χ3v) is 4.33. The average Bonchev–Trinajstić information content (AvgIpc) is 3.66. The van der Waals surface area contributed by atoms with E-state index in [1.165, 1.54) is 0 Å². The normalized spacial score (nSPS) is 10.8. The van der Waals surface area contributed by atoms with Crippen LogP contribution in [-0.2, 0) is 47.9 Å². The van der Waals surface area contributed by atoms with E-state index < -0.39 is 17.9 Å². The van der Waals surface area contributed by atoms with Gasteiger partial charge in [0.2, 0.25) is 0 Å². The van der Waals surface area contributed by atoms with Crippen molar-refractivity contribution in [2.45, 2.75) is 40.0 Å². The Kier molecular flexibility index (Phi) is 8.38. The highest BCUT2D eigenvalue weighted by Gasteiger charge is 2.20. The largest absolute Gasteiger partial charge is 0.466 e. The summed E-state index contributed by atoms with van der Waals surface area (Å²) < 4.78 is 14.7. The number of ether oxygens (including phenoxy) is 3. The van der Waals surface area contributed by atoms with Crippen molar-refractivity contribution in [2.75, 3.05) is 19.8 Å². The molecule has 204 valence electrons. The van der Waals surface area contributed by atoms with Gasteiger partial charge in [-0.25, -0.2) is 0 Å². The lowest BCUT2D eigenvalue weighted by atomic mass is 10.4. The molecule has 21 nitrogen and oxygen atoms in total. The number of rotatable bonds is 12. The maximum Gasteiger partial charge on any atom is 0.313 e. The van der Waals surface area contributed by atoms with Gasteiger partial charge in [-0.05, 0) is 36.4 Å². The Morgan fingerprint density at radius 1 is 0.538 bits per heavy atom. The van der Waals surface area contributed by atoms with Gasteiger partial charge in [0.15, 0.2) is 17.5 Å². The number of hydrogen-bond donors (Lipinski definition) is 0. The maximum absolute atomic E-state index is 11.8. The van der Waals surface area contributed by atoms with Gasteiger partial charge in [-0.1, -0.05) is 14.4 Å². The van der Waals surface area contributed by atoms with E-state index in [0.29, 0.717) is 0 Å². The van der Waals surface area contributed by atoms with Crippen molar-refractivity contribution < 1.29 is 28.6 Å². The highest BCUT2D eigenvalue weighted by molar-refractivity contribution is 5.72. The molecule has 0 aliphatic heterocycles. The van der Waals surface area contributed by atoms with Gasteiger partial charge >= 0.3 is 17.9 Å². The van der Waals surface area contributed by atoms with Gasteiger partial charge in [-0.2, -0.15) is 15.0 Å². The molecule has 0 saturated heterocycles. The van der Waals surface area contributed by atoms with E-state index in [9.17, 15) is 14.4 Å². The van der Waals surface area contributed by atoms with Crippen molar-refractivity contribution in [1.82, 2.24) is 75.6 Å². The van der Waals surface area contributed by atoms with Crippen molar-refractivity contribution in [2.24, 2.45) is 0 Å². The molecule has 0 aliphatic carbocycles. The molecule has 4 rings (SSSR count). The van der Waals surface area contributed by atoms with Crippen molar-refractivity contribution in [3.63, 3.8) is 0 Å². The molecule has 0 aliphatic rings. The Balaban J connectivity index is 1.68. The van der Waals surface area contributed by atoms with Crippen molar-refractivity contribution in [1.29, 1.82) is 0 Å². The minimum absolute atomic E-state index is 0.0446. The number of hydrogen-bond acceptors (Lipinski definition) is 18. The molecular formula is C18H21N15O6. The van der Waals surface area contributed by atoms with E-state index in [-0.39, 0.29) is 74.4 Å². The summed E-state index contributed by atoms with van der Waals surface area (Å²) >= 11 is 0. The highest BCUT2D eigenvalue weighted by atomic mass is 16.5. The Morgan fingerprint density at radius 2 is 0.821 bits per heavy atom. The van der Waals surface area contributed by atoms with Gasteiger partial charge in [-0.3, -0.25) is 14.4 Å². The molecule has 0 N–H and O–H groups in total. The molecule has 0 saturated carbocycles. The van der Waals surface area contributed by atoms with Gasteiger partial charge in [0, 0.05) is 0 Å². The lowest BCUT2D eigenvalue weighted by Crippen LogP contribution is -2.17. The molecule has 0 atom stereocenters. The number of nitrogens with zero attached hydrogens (tertiary/aromatic N) is 15. The summed E-state index contributed by atoms with van der Waals surface area (Å²) in [5.41, 5.74) is 0. The van der Waals surface area contributed by atoms with Crippen LogP contribution in [0.15, 0.2) is 0 Å². The van der Waals surface area contributed by atoms with Crippen LogP contribution in [0.25, 0.3) is 17.8 Å². The number of aromatic nitrogens is 15. The third-order valence-electron chi connectivity index (χ3n) is 4.33. The fourth-order valence-corrected chi connectivity index (χ4v) is 2.83. The van der Waals surface area contributed by atoms with Crippen LogP contribution in [0.5, 0.6) is 0 Å². The second-order valence-corrected chi connectivity index (χ2v) is 7.17. The summed E-state index contributed by atoms with van der Waals surface area (Å²) in [7, 11) is 0. The molecule has 0 aromatic carbocycles. The minimum Gasteiger partial charge on any atom is -0.466 e. The quantitative estimate of drug-likeness (QED) is 0.128. The zero-order valence-corrected chi connectivity index (χ0v) is 20.9. The second kappa shape index (κ2) is 12.2. The van der Waals surface area contributed by atoms with E-state index in [2.05, 4.69) is 61.2 Å². The van der Waals surface area contributed by atoms with Crippen LogP contribution >= 0.6 is 0 Å². The third kappa shape index (κ3) is 6.90. The van der Waals surface area contributed by atoms with Crippen molar-refractivity contribution in [3.8, 4) is 17.8 Å². The standard InChI is InChI=1S/C18H21N15O6/c1-4-37-13(34)7-10-22-28-31(25-10)16-19-17(32-26-11(23-29-32)8-14(35)38-5-2)21-18(20-16)33-27-12(24-30-33)9-15(36)39-6-3/h4-9H2,1-3H3. The molecule has 21 heteroatoms. The first-order valence-corrected chi connectivity index (χ1v) is 11.5. The Bertz CT molecular complexity index is 1280. The zero-order chi connectivity index (χ0) is 27.8. The van der Waals surface area contributed by atoms with Gasteiger partial charge in [0.05, 0.1) is 19.8 Å². The molecule has 4 heterocycles.